The molecular weight excluding hydrogens is 407 g/mol. The maximum Gasteiger partial charge on any atom is 0.456 e. The van der Waals surface area contributed by atoms with E-state index in [4.69, 9.17) is 23.2 Å². The van der Waals surface area contributed by atoms with Gasteiger partial charge in [-0.25, -0.2) is 10.1 Å². The molecule has 0 radical (unpaired) electrons. The number of carbonyl (C=O) groups is 1. The molecule has 3 aromatic rings. The standard InChI is InChI=1S/C18H14Cl2N4O2S/c19-13-5-1-11(2-6-13)10-23-18(26)24(15-9-21-15)17(27-23)22-16(25)12-3-7-14(20)8-4-12/h1-8,15,21H,9-10H2/p+1. The number of aromatic nitrogens is 2. The highest BCUT2D eigenvalue weighted by atomic mass is 35.5. The highest BCUT2D eigenvalue weighted by Gasteiger charge is 2.35. The van der Waals surface area contributed by atoms with Crippen molar-refractivity contribution < 1.29 is 9.36 Å². The average Bonchev–Trinajstić information content (AvgIpc) is 3.44. The fourth-order valence-electron chi connectivity index (χ4n) is 2.61. The van der Waals surface area contributed by atoms with E-state index in [2.05, 4.69) is 10.6 Å². The lowest BCUT2D eigenvalue weighted by Gasteiger charge is -2.00. The van der Waals surface area contributed by atoms with Crippen LogP contribution in [0.5, 0.6) is 0 Å². The van der Waals surface area contributed by atoms with E-state index in [1.54, 1.807) is 44.9 Å². The first-order chi connectivity index (χ1) is 13.0. The Kier molecular flexibility index (Phi) is 5.01. The predicted octanol–water partition coefficient (Wildman–Crippen LogP) is 2.91. The fourth-order valence-corrected chi connectivity index (χ4v) is 3.89. The highest BCUT2D eigenvalue weighted by Crippen LogP contribution is 2.18. The molecule has 1 aromatic heterocycles. The van der Waals surface area contributed by atoms with E-state index >= 15 is 0 Å². The lowest BCUT2D eigenvalue weighted by molar-refractivity contribution is -0.700. The second-order valence-corrected chi connectivity index (χ2v) is 7.98. The largest absolute Gasteiger partial charge is 0.456 e. The minimum Gasteiger partial charge on any atom is -0.279 e. The molecule has 2 N–H and O–H groups in total. The van der Waals surface area contributed by atoms with Gasteiger partial charge < -0.3 is 0 Å². The first kappa shape index (κ1) is 18.2. The summed E-state index contributed by atoms with van der Waals surface area (Å²) < 4.78 is 3.19. The number of nitrogens with one attached hydrogen (secondary N) is 2. The molecular formula is C18H15Cl2N4O2S+. The van der Waals surface area contributed by atoms with E-state index in [1.807, 2.05) is 12.1 Å². The molecule has 0 spiro atoms. The number of hydrogen-bond acceptors (Lipinski definition) is 4. The van der Waals surface area contributed by atoms with Gasteiger partial charge in [0.25, 0.3) is 0 Å². The molecule has 1 fully saturated rings. The zero-order valence-electron chi connectivity index (χ0n) is 14.0. The molecule has 138 valence electrons. The predicted molar refractivity (Wildman–Crippen MR) is 106 cm³/mol. The third kappa shape index (κ3) is 4.06. The Bertz CT molecular complexity index is 1040. The van der Waals surface area contributed by atoms with Gasteiger partial charge in [-0.3, -0.25) is 10.1 Å². The summed E-state index contributed by atoms with van der Waals surface area (Å²) in [6.45, 7) is 1.10. The molecule has 1 saturated heterocycles. The summed E-state index contributed by atoms with van der Waals surface area (Å²) >= 11 is 13.0. The minimum atomic E-state index is -0.291. The number of halogens is 2. The molecule has 1 aliphatic heterocycles. The van der Waals surface area contributed by atoms with E-state index in [9.17, 15) is 9.59 Å². The first-order valence-electron chi connectivity index (χ1n) is 8.21. The van der Waals surface area contributed by atoms with Gasteiger partial charge in [0.05, 0.1) is 17.1 Å². The Morgan fingerprint density at radius 3 is 2.33 bits per heavy atom. The molecule has 0 saturated carbocycles. The maximum atomic E-state index is 12.8. The lowest BCUT2D eigenvalue weighted by atomic mass is 10.2. The number of benzene rings is 2. The van der Waals surface area contributed by atoms with Crippen molar-refractivity contribution in [3.05, 3.63) is 80.2 Å². The minimum absolute atomic E-state index is 0.0965. The van der Waals surface area contributed by atoms with Crippen molar-refractivity contribution >= 4 is 45.8 Å². The summed E-state index contributed by atoms with van der Waals surface area (Å²) in [7, 11) is 0. The van der Waals surface area contributed by atoms with Crippen molar-refractivity contribution in [3.8, 4) is 0 Å². The van der Waals surface area contributed by atoms with Crippen LogP contribution in [0, 0.1) is 0 Å². The van der Waals surface area contributed by atoms with Crippen LogP contribution < -0.4 is 20.9 Å². The number of hydrogen-bond donors (Lipinski definition) is 2. The summed E-state index contributed by atoms with van der Waals surface area (Å²) in [6.07, 6.45) is -0.0965. The van der Waals surface area contributed by atoms with Crippen LogP contribution in [0.1, 0.15) is 22.1 Å². The quantitative estimate of drug-likeness (QED) is 0.491. The third-order valence-electron chi connectivity index (χ3n) is 4.10. The zero-order chi connectivity index (χ0) is 19.0. The summed E-state index contributed by atoms with van der Waals surface area (Å²) in [5, 5.41) is 7.64. The topological polar surface area (TPSA) is 76.9 Å². The Hall–Kier alpha value is -2.19. The first-order valence-corrected chi connectivity index (χ1v) is 9.74. The fraction of sp³-hybridized carbons (Fsp3) is 0.167. The molecule has 1 aliphatic rings. The smallest absolute Gasteiger partial charge is 0.279 e. The molecule has 4 rings (SSSR count). The van der Waals surface area contributed by atoms with E-state index in [1.165, 1.54) is 11.5 Å². The molecule has 9 heteroatoms. The van der Waals surface area contributed by atoms with Gasteiger partial charge in [0.15, 0.2) is 6.17 Å². The van der Waals surface area contributed by atoms with Gasteiger partial charge in [-0.1, -0.05) is 35.3 Å². The Labute approximate surface area is 169 Å². The van der Waals surface area contributed by atoms with Crippen LogP contribution in [-0.2, 0) is 6.54 Å². The second-order valence-electron chi connectivity index (χ2n) is 6.10. The van der Waals surface area contributed by atoms with Gasteiger partial charge in [-0.2, -0.15) is 8.52 Å². The van der Waals surface area contributed by atoms with E-state index in [-0.39, 0.29) is 17.8 Å². The van der Waals surface area contributed by atoms with Gasteiger partial charge in [-0.15, -0.1) is 0 Å². The SMILES string of the molecule is O=C(Nc1sn(Cc2ccc(Cl)cc2)c(=O)[n+]1C1CN1)c1ccc(Cl)cc1. The van der Waals surface area contributed by atoms with Gasteiger partial charge in [-0.05, 0) is 42.0 Å². The van der Waals surface area contributed by atoms with Crippen LogP contribution in [0.25, 0.3) is 0 Å². The number of anilines is 1. The Morgan fingerprint density at radius 2 is 1.74 bits per heavy atom. The molecule has 2 heterocycles. The normalized spacial score (nSPS) is 15.6. The number of carbonyl (C=O) groups excluding carboxylic acids is 1. The van der Waals surface area contributed by atoms with Crippen molar-refractivity contribution in [2.24, 2.45) is 0 Å². The summed E-state index contributed by atoms with van der Waals surface area (Å²) in [6, 6.07) is 13.9. The van der Waals surface area contributed by atoms with Crippen LogP contribution in [0.2, 0.25) is 10.0 Å². The number of amides is 1. The van der Waals surface area contributed by atoms with Crippen molar-refractivity contribution in [3.63, 3.8) is 0 Å². The van der Waals surface area contributed by atoms with Gasteiger partial charge in [0.1, 0.15) is 6.54 Å². The summed E-state index contributed by atoms with van der Waals surface area (Å²) in [4.78, 5) is 25.3. The highest BCUT2D eigenvalue weighted by molar-refractivity contribution is 7.10. The van der Waals surface area contributed by atoms with Crippen molar-refractivity contribution in [2.45, 2.75) is 12.7 Å². The van der Waals surface area contributed by atoms with Crippen molar-refractivity contribution in [1.29, 1.82) is 0 Å². The maximum absolute atomic E-state index is 12.8. The number of rotatable bonds is 5. The zero-order valence-corrected chi connectivity index (χ0v) is 16.3. The average molecular weight is 422 g/mol. The molecule has 1 unspecified atom stereocenters. The van der Waals surface area contributed by atoms with Crippen LogP contribution in [0.4, 0.5) is 5.13 Å². The van der Waals surface area contributed by atoms with Crippen LogP contribution in [-0.4, -0.2) is 16.4 Å². The van der Waals surface area contributed by atoms with Crippen LogP contribution >= 0.6 is 34.7 Å². The molecule has 1 atom stereocenters. The van der Waals surface area contributed by atoms with Gasteiger partial charge in [0.2, 0.25) is 0 Å². The Morgan fingerprint density at radius 1 is 1.15 bits per heavy atom. The molecule has 0 bridgehead atoms. The van der Waals surface area contributed by atoms with Crippen molar-refractivity contribution in [2.75, 3.05) is 11.9 Å². The van der Waals surface area contributed by atoms with Crippen LogP contribution in [0.3, 0.4) is 0 Å². The Balaban J connectivity index is 1.62. The molecule has 6 nitrogen and oxygen atoms in total. The van der Waals surface area contributed by atoms with Crippen molar-refractivity contribution in [1.82, 2.24) is 9.27 Å². The van der Waals surface area contributed by atoms with E-state index in [0.717, 1.165) is 5.56 Å². The lowest BCUT2D eigenvalue weighted by Crippen LogP contribution is -2.52. The van der Waals surface area contributed by atoms with Crippen LogP contribution in [0.15, 0.2) is 53.3 Å². The molecule has 1 amide bonds. The van der Waals surface area contributed by atoms with E-state index < -0.39 is 0 Å². The molecule has 27 heavy (non-hydrogen) atoms. The second kappa shape index (κ2) is 7.44. The summed E-state index contributed by atoms with van der Waals surface area (Å²) in [5.74, 6) is -0.291. The third-order valence-corrected chi connectivity index (χ3v) is 5.58. The molecule has 0 aliphatic carbocycles. The number of nitrogens with zero attached hydrogens (tertiary/aromatic N) is 2. The van der Waals surface area contributed by atoms with Gasteiger partial charge >= 0.3 is 16.7 Å². The van der Waals surface area contributed by atoms with E-state index in [0.29, 0.717) is 33.8 Å². The monoisotopic (exact) mass is 421 g/mol. The van der Waals surface area contributed by atoms with Gasteiger partial charge in [0, 0.05) is 16.6 Å². The molecule has 2 aromatic carbocycles. The summed E-state index contributed by atoms with van der Waals surface area (Å²) in [5.41, 5.74) is 1.25.